The molecule has 0 atom stereocenters. The van der Waals surface area contributed by atoms with Gasteiger partial charge in [0.1, 0.15) is 5.15 Å². The van der Waals surface area contributed by atoms with Crippen molar-refractivity contribution in [3.05, 3.63) is 62.1 Å². The molecule has 2 aromatic carbocycles. The van der Waals surface area contributed by atoms with Gasteiger partial charge in [-0.3, -0.25) is 0 Å². The van der Waals surface area contributed by atoms with Crippen molar-refractivity contribution in [1.82, 2.24) is 4.98 Å². The van der Waals surface area contributed by atoms with Gasteiger partial charge in [-0.05, 0) is 24.3 Å². The summed E-state index contributed by atoms with van der Waals surface area (Å²) >= 11 is 22.5. The summed E-state index contributed by atoms with van der Waals surface area (Å²) in [4.78, 5) is 4.40. The van der Waals surface area contributed by atoms with E-state index in [0.717, 1.165) is 20.9 Å². The normalized spacial score (nSPS) is 11.0. The molecule has 0 aliphatic heterocycles. The zero-order valence-corrected chi connectivity index (χ0v) is 13.9. The lowest BCUT2D eigenvalue weighted by molar-refractivity contribution is 1.40. The van der Waals surface area contributed by atoms with E-state index in [-0.39, 0.29) is 0 Å². The minimum atomic E-state index is 0.345. The van der Waals surface area contributed by atoms with E-state index < -0.39 is 0 Å². The second kappa shape index (κ2) is 5.53. The molecular formula is C15H7BrCl3N. The molecule has 1 nitrogen and oxygen atoms in total. The third-order valence-electron chi connectivity index (χ3n) is 2.98. The fourth-order valence-corrected chi connectivity index (χ4v) is 3.33. The Morgan fingerprint density at radius 3 is 2.45 bits per heavy atom. The van der Waals surface area contributed by atoms with Crippen LogP contribution in [0.4, 0.5) is 0 Å². The minimum Gasteiger partial charge on any atom is -0.235 e. The maximum atomic E-state index is 6.52. The molecule has 3 rings (SSSR count). The minimum absolute atomic E-state index is 0.345. The van der Waals surface area contributed by atoms with Crippen molar-refractivity contribution in [3.63, 3.8) is 0 Å². The highest BCUT2D eigenvalue weighted by atomic mass is 79.9. The van der Waals surface area contributed by atoms with Crippen LogP contribution in [0.3, 0.4) is 0 Å². The fourth-order valence-electron chi connectivity index (χ4n) is 2.06. The summed E-state index contributed by atoms with van der Waals surface area (Å²) in [7, 11) is 0. The van der Waals surface area contributed by atoms with E-state index in [1.54, 1.807) is 6.07 Å². The highest BCUT2D eigenvalue weighted by molar-refractivity contribution is 9.10. The monoisotopic (exact) mass is 385 g/mol. The summed E-state index contributed by atoms with van der Waals surface area (Å²) in [6, 6.07) is 13.1. The first-order valence-electron chi connectivity index (χ1n) is 5.77. The zero-order valence-electron chi connectivity index (χ0n) is 10.0. The number of fused-ring (bicyclic) bond motifs is 1. The third-order valence-corrected chi connectivity index (χ3v) is 4.47. The highest BCUT2D eigenvalue weighted by Crippen LogP contribution is 2.41. The molecule has 0 saturated heterocycles. The van der Waals surface area contributed by atoms with Crippen LogP contribution in [-0.2, 0) is 0 Å². The first-order valence-corrected chi connectivity index (χ1v) is 7.70. The number of aromatic nitrogens is 1. The summed E-state index contributed by atoms with van der Waals surface area (Å²) in [5, 5.41) is 2.32. The van der Waals surface area contributed by atoms with E-state index in [9.17, 15) is 0 Å². The van der Waals surface area contributed by atoms with E-state index in [2.05, 4.69) is 20.9 Å². The molecule has 5 heteroatoms. The quantitative estimate of drug-likeness (QED) is 0.427. The summed E-state index contributed by atoms with van der Waals surface area (Å²) in [6.45, 7) is 0. The van der Waals surface area contributed by atoms with Crippen LogP contribution in [0.5, 0.6) is 0 Å². The third kappa shape index (κ3) is 2.42. The van der Waals surface area contributed by atoms with E-state index in [1.165, 1.54) is 0 Å². The van der Waals surface area contributed by atoms with Crippen molar-refractivity contribution in [1.29, 1.82) is 0 Å². The standard InChI is InChI=1S/C15H7BrCl3N/c16-8-5-6-12-10(7-8)14(18)13(15(19)20-12)9-3-1-2-4-11(9)17/h1-7H. The molecule has 0 aliphatic carbocycles. The molecule has 100 valence electrons. The van der Waals surface area contributed by atoms with Crippen molar-refractivity contribution in [2.45, 2.75) is 0 Å². The first-order chi connectivity index (χ1) is 9.58. The SMILES string of the molecule is Clc1ccccc1-c1c(Cl)nc2ccc(Br)cc2c1Cl. The van der Waals surface area contributed by atoms with Gasteiger partial charge in [0.05, 0.1) is 10.5 Å². The molecule has 0 spiro atoms. The van der Waals surface area contributed by atoms with Gasteiger partial charge in [-0.15, -0.1) is 0 Å². The van der Waals surface area contributed by atoms with E-state index in [1.807, 2.05) is 36.4 Å². The van der Waals surface area contributed by atoms with Crippen LogP contribution in [0.2, 0.25) is 15.2 Å². The van der Waals surface area contributed by atoms with Gasteiger partial charge < -0.3 is 0 Å². The average Bonchev–Trinajstić information content (AvgIpc) is 2.42. The molecule has 0 saturated carbocycles. The first kappa shape index (κ1) is 14.2. The van der Waals surface area contributed by atoms with Crippen LogP contribution in [-0.4, -0.2) is 4.98 Å². The lowest BCUT2D eigenvalue weighted by atomic mass is 10.1. The molecule has 0 bridgehead atoms. The van der Waals surface area contributed by atoms with Crippen LogP contribution in [0.1, 0.15) is 0 Å². The molecule has 0 unspecified atom stereocenters. The Balaban J connectivity index is 2.39. The molecule has 1 heterocycles. The van der Waals surface area contributed by atoms with E-state index >= 15 is 0 Å². The van der Waals surface area contributed by atoms with Gasteiger partial charge in [0.25, 0.3) is 0 Å². The predicted molar refractivity (Wildman–Crippen MR) is 89.9 cm³/mol. The molecule has 0 radical (unpaired) electrons. The van der Waals surface area contributed by atoms with Gasteiger partial charge in [0.15, 0.2) is 0 Å². The van der Waals surface area contributed by atoms with Gasteiger partial charge in [0.2, 0.25) is 0 Å². The molecule has 0 amide bonds. The average molecular weight is 387 g/mol. The number of pyridine rings is 1. The Bertz CT molecular complexity index is 818. The summed E-state index contributed by atoms with van der Waals surface area (Å²) < 4.78 is 0.932. The maximum Gasteiger partial charge on any atom is 0.139 e. The highest BCUT2D eigenvalue weighted by Gasteiger charge is 2.16. The molecular weight excluding hydrogens is 380 g/mol. The summed E-state index contributed by atoms with van der Waals surface area (Å²) in [5.41, 5.74) is 2.18. The molecule has 20 heavy (non-hydrogen) atoms. The van der Waals surface area contributed by atoms with Gasteiger partial charge in [-0.1, -0.05) is 68.9 Å². The van der Waals surface area contributed by atoms with Gasteiger partial charge >= 0.3 is 0 Å². The van der Waals surface area contributed by atoms with Crippen LogP contribution >= 0.6 is 50.7 Å². The van der Waals surface area contributed by atoms with Crippen LogP contribution in [0.15, 0.2) is 46.9 Å². The summed E-state index contributed by atoms with van der Waals surface area (Å²) in [5.74, 6) is 0. The van der Waals surface area contributed by atoms with E-state index in [4.69, 9.17) is 34.8 Å². The number of hydrogen-bond donors (Lipinski definition) is 0. The summed E-state index contributed by atoms with van der Waals surface area (Å²) in [6.07, 6.45) is 0. The maximum absolute atomic E-state index is 6.52. The van der Waals surface area contributed by atoms with Gasteiger partial charge in [0, 0.05) is 26.0 Å². The fraction of sp³-hybridized carbons (Fsp3) is 0. The molecule has 3 aromatic rings. The molecule has 0 fully saturated rings. The Hall–Kier alpha value is -0.800. The number of benzene rings is 2. The Morgan fingerprint density at radius 2 is 1.70 bits per heavy atom. The van der Waals surface area contributed by atoms with Crippen molar-refractivity contribution in [2.24, 2.45) is 0 Å². The Morgan fingerprint density at radius 1 is 0.950 bits per heavy atom. The lowest BCUT2D eigenvalue weighted by Gasteiger charge is -2.11. The Kier molecular flexibility index (Phi) is 3.91. The molecule has 0 aliphatic rings. The molecule has 1 aromatic heterocycles. The van der Waals surface area contributed by atoms with Crippen molar-refractivity contribution in [3.8, 4) is 11.1 Å². The number of hydrogen-bond acceptors (Lipinski definition) is 1. The predicted octanol–water partition coefficient (Wildman–Crippen LogP) is 6.62. The van der Waals surface area contributed by atoms with Crippen molar-refractivity contribution >= 4 is 61.6 Å². The van der Waals surface area contributed by atoms with Crippen LogP contribution in [0.25, 0.3) is 22.0 Å². The topological polar surface area (TPSA) is 12.9 Å². The second-order valence-electron chi connectivity index (χ2n) is 4.23. The zero-order chi connectivity index (χ0) is 14.3. The van der Waals surface area contributed by atoms with Gasteiger partial charge in [-0.25, -0.2) is 4.98 Å². The van der Waals surface area contributed by atoms with Crippen LogP contribution < -0.4 is 0 Å². The smallest absolute Gasteiger partial charge is 0.139 e. The van der Waals surface area contributed by atoms with Crippen LogP contribution in [0, 0.1) is 0 Å². The number of nitrogens with zero attached hydrogens (tertiary/aromatic N) is 1. The number of halogens is 4. The second-order valence-corrected chi connectivity index (χ2v) is 6.29. The molecule has 0 N–H and O–H groups in total. The lowest BCUT2D eigenvalue weighted by Crippen LogP contribution is -1.89. The Labute approximate surface area is 139 Å². The van der Waals surface area contributed by atoms with Crippen molar-refractivity contribution < 1.29 is 0 Å². The van der Waals surface area contributed by atoms with Gasteiger partial charge in [-0.2, -0.15) is 0 Å². The van der Waals surface area contributed by atoms with Crippen molar-refractivity contribution in [2.75, 3.05) is 0 Å². The largest absolute Gasteiger partial charge is 0.235 e. The van der Waals surface area contributed by atoms with E-state index in [0.29, 0.717) is 20.8 Å². The number of rotatable bonds is 1.